The number of hydroxylamine groups is 1. The van der Waals surface area contributed by atoms with Gasteiger partial charge in [0.2, 0.25) is 0 Å². The third-order valence-corrected chi connectivity index (χ3v) is 4.44. The first-order chi connectivity index (χ1) is 12.4. The van der Waals surface area contributed by atoms with Crippen LogP contribution in [0.2, 0.25) is 0 Å². The maximum absolute atomic E-state index is 11.9. The maximum Gasteiger partial charge on any atom is 0.345 e. The number of carbonyl (C=O) groups is 1. The Labute approximate surface area is 155 Å². The van der Waals surface area contributed by atoms with Gasteiger partial charge in [0.15, 0.2) is 0 Å². The van der Waals surface area contributed by atoms with E-state index in [9.17, 15) is 10.0 Å². The van der Waals surface area contributed by atoms with E-state index in [2.05, 4.69) is 32.2 Å². The van der Waals surface area contributed by atoms with E-state index in [-0.39, 0.29) is 12.5 Å². The second-order valence-electron chi connectivity index (χ2n) is 6.65. The molecule has 2 rings (SSSR count). The second kappa shape index (κ2) is 8.72. The maximum atomic E-state index is 11.9. The zero-order valence-electron chi connectivity index (χ0n) is 16.2. The van der Waals surface area contributed by atoms with Gasteiger partial charge in [-0.2, -0.15) is 5.06 Å². The van der Waals surface area contributed by atoms with E-state index in [1.165, 1.54) is 12.6 Å². The molecule has 0 saturated heterocycles. The number of urea groups is 1. The highest BCUT2D eigenvalue weighted by Crippen LogP contribution is 2.28. The standard InChI is InChI=1S/C21H28N2O3/c1-6-16-7-10-20(15(4)11-16)26-13-18-9-8-17(14(2)3)12-19(18)23(25)21(24)22-5/h7-12,14,25H,6,13H2,1-5H3,(H,22,24). The van der Waals surface area contributed by atoms with Crippen LogP contribution in [0.1, 0.15) is 48.9 Å². The van der Waals surface area contributed by atoms with Gasteiger partial charge in [0.05, 0.1) is 5.69 Å². The molecule has 0 fully saturated rings. The fourth-order valence-corrected chi connectivity index (χ4v) is 2.72. The van der Waals surface area contributed by atoms with Crippen molar-refractivity contribution in [1.82, 2.24) is 5.32 Å². The number of ether oxygens (including phenoxy) is 1. The van der Waals surface area contributed by atoms with Crippen LogP contribution < -0.4 is 15.1 Å². The van der Waals surface area contributed by atoms with E-state index in [0.717, 1.165) is 28.9 Å². The molecule has 0 aliphatic carbocycles. The Hall–Kier alpha value is -2.53. The average Bonchev–Trinajstić information content (AvgIpc) is 2.65. The van der Waals surface area contributed by atoms with Gasteiger partial charge in [0, 0.05) is 12.6 Å². The number of hydrogen-bond acceptors (Lipinski definition) is 3. The van der Waals surface area contributed by atoms with Crippen LogP contribution >= 0.6 is 0 Å². The lowest BCUT2D eigenvalue weighted by Gasteiger charge is -2.20. The molecule has 2 N–H and O–H groups in total. The highest BCUT2D eigenvalue weighted by molar-refractivity contribution is 5.90. The van der Waals surface area contributed by atoms with Gasteiger partial charge in [0.25, 0.3) is 0 Å². The topological polar surface area (TPSA) is 61.8 Å². The highest BCUT2D eigenvalue weighted by atomic mass is 16.5. The minimum Gasteiger partial charge on any atom is -0.489 e. The summed E-state index contributed by atoms with van der Waals surface area (Å²) in [6, 6.07) is 11.3. The first-order valence-electron chi connectivity index (χ1n) is 8.93. The normalized spacial score (nSPS) is 10.7. The van der Waals surface area contributed by atoms with E-state index in [1.54, 1.807) is 0 Å². The van der Waals surface area contributed by atoms with Gasteiger partial charge in [-0.05, 0) is 48.1 Å². The summed E-state index contributed by atoms with van der Waals surface area (Å²) in [5.74, 6) is 1.08. The van der Waals surface area contributed by atoms with E-state index in [0.29, 0.717) is 10.8 Å². The third-order valence-electron chi connectivity index (χ3n) is 4.44. The van der Waals surface area contributed by atoms with Gasteiger partial charge < -0.3 is 10.1 Å². The number of benzene rings is 2. The van der Waals surface area contributed by atoms with Crippen LogP contribution in [0.4, 0.5) is 10.5 Å². The molecule has 2 aromatic rings. The summed E-state index contributed by atoms with van der Waals surface area (Å²) in [6.45, 7) is 8.52. The summed E-state index contributed by atoms with van der Waals surface area (Å²) < 4.78 is 5.96. The number of carbonyl (C=O) groups excluding carboxylic acids is 1. The summed E-state index contributed by atoms with van der Waals surface area (Å²) in [6.07, 6.45) is 0.980. The molecule has 0 atom stereocenters. The monoisotopic (exact) mass is 356 g/mol. The summed E-state index contributed by atoms with van der Waals surface area (Å²) in [5, 5.41) is 13.3. The summed E-state index contributed by atoms with van der Waals surface area (Å²) in [7, 11) is 1.48. The predicted octanol–water partition coefficient (Wildman–Crippen LogP) is 4.79. The molecule has 0 unspecified atom stereocenters. The molecule has 140 valence electrons. The SMILES string of the molecule is CCc1ccc(OCc2ccc(C(C)C)cc2N(O)C(=O)NC)c(C)c1. The van der Waals surface area contributed by atoms with Crippen LogP contribution in [0.5, 0.6) is 5.75 Å². The van der Waals surface area contributed by atoms with Crippen LogP contribution in [-0.2, 0) is 13.0 Å². The molecule has 0 heterocycles. The van der Waals surface area contributed by atoms with Gasteiger partial charge in [-0.25, -0.2) is 4.79 Å². The number of nitrogens with one attached hydrogen (secondary N) is 1. The zero-order valence-corrected chi connectivity index (χ0v) is 16.2. The molecule has 26 heavy (non-hydrogen) atoms. The molecule has 0 radical (unpaired) electrons. The summed E-state index contributed by atoms with van der Waals surface area (Å²) >= 11 is 0. The van der Waals surface area contributed by atoms with Crippen molar-refractivity contribution in [3.05, 3.63) is 58.7 Å². The Morgan fingerprint density at radius 3 is 2.54 bits per heavy atom. The van der Waals surface area contributed by atoms with E-state index in [4.69, 9.17) is 4.74 Å². The number of amides is 2. The van der Waals surface area contributed by atoms with Gasteiger partial charge in [-0.15, -0.1) is 0 Å². The first kappa shape index (κ1) is 19.8. The van der Waals surface area contributed by atoms with Crippen molar-refractivity contribution < 1.29 is 14.7 Å². The fraction of sp³-hybridized carbons (Fsp3) is 0.381. The van der Waals surface area contributed by atoms with Crippen molar-refractivity contribution in [3.8, 4) is 5.75 Å². The van der Waals surface area contributed by atoms with Gasteiger partial charge in [-0.1, -0.05) is 45.0 Å². The van der Waals surface area contributed by atoms with Gasteiger partial charge in [0.1, 0.15) is 12.4 Å². The Morgan fingerprint density at radius 2 is 1.96 bits per heavy atom. The molecule has 5 nitrogen and oxygen atoms in total. The highest BCUT2D eigenvalue weighted by Gasteiger charge is 2.17. The number of aryl methyl sites for hydroxylation is 2. The number of anilines is 1. The van der Waals surface area contributed by atoms with E-state index >= 15 is 0 Å². The Kier molecular flexibility index (Phi) is 6.64. The summed E-state index contributed by atoms with van der Waals surface area (Å²) in [5.41, 5.74) is 4.53. The molecule has 0 aliphatic rings. The quantitative estimate of drug-likeness (QED) is 0.577. The van der Waals surface area contributed by atoms with E-state index in [1.807, 2.05) is 37.3 Å². The van der Waals surface area contributed by atoms with Crippen molar-refractivity contribution in [3.63, 3.8) is 0 Å². The van der Waals surface area contributed by atoms with Crippen molar-refractivity contribution in [2.45, 2.75) is 46.6 Å². The van der Waals surface area contributed by atoms with Crippen molar-refractivity contribution in [2.24, 2.45) is 0 Å². The minimum atomic E-state index is -0.587. The van der Waals surface area contributed by atoms with Crippen LogP contribution in [0.15, 0.2) is 36.4 Å². The minimum absolute atomic E-state index is 0.258. The second-order valence-corrected chi connectivity index (χ2v) is 6.65. The lowest BCUT2D eigenvalue weighted by molar-refractivity contribution is 0.205. The Morgan fingerprint density at radius 1 is 1.23 bits per heavy atom. The Balaban J connectivity index is 2.29. The molecule has 0 spiro atoms. The molecule has 0 aromatic heterocycles. The molecular formula is C21H28N2O3. The van der Waals surface area contributed by atoms with Crippen LogP contribution in [-0.4, -0.2) is 18.3 Å². The molecule has 0 saturated carbocycles. The van der Waals surface area contributed by atoms with E-state index < -0.39 is 6.03 Å². The molecule has 0 bridgehead atoms. The van der Waals surface area contributed by atoms with Crippen LogP contribution in [0.25, 0.3) is 0 Å². The average molecular weight is 356 g/mol. The zero-order chi connectivity index (χ0) is 19.3. The number of rotatable bonds is 6. The lowest BCUT2D eigenvalue weighted by Crippen LogP contribution is -2.36. The van der Waals surface area contributed by atoms with Crippen molar-refractivity contribution in [2.75, 3.05) is 12.1 Å². The van der Waals surface area contributed by atoms with Crippen LogP contribution in [0.3, 0.4) is 0 Å². The smallest absolute Gasteiger partial charge is 0.345 e. The fourth-order valence-electron chi connectivity index (χ4n) is 2.72. The van der Waals surface area contributed by atoms with Crippen LogP contribution in [0, 0.1) is 6.92 Å². The molecule has 5 heteroatoms. The van der Waals surface area contributed by atoms with Gasteiger partial charge >= 0.3 is 6.03 Å². The van der Waals surface area contributed by atoms with Crippen molar-refractivity contribution >= 4 is 11.7 Å². The molecule has 2 amide bonds. The molecule has 2 aromatic carbocycles. The molecule has 0 aliphatic heterocycles. The first-order valence-corrected chi connectivity index (χ1v) is 8.93. The number of nitrogens with zero attached hydrogens (tertiary/aromatic N) is 1. The largest absolute Gasteiger partial charge is 0.489 e. The van der Waals surface area contributed by atoms with Gasteiger partial charge in [-0.3, -0.25) is 5.21 Å². The lowest BCUT2D eigenvalue weighted by atomic mass is 10.00. The number of hydrogen-bond donors (Lipinski definition) is 2. The Bertz CT molecular complexity index is 772. The molecular weight excluding hydrogens is 328 g/mol. The summed E-state index contributed by atoms with van der Waals surface area (Å²) in [4.78, 5) is 11.9. The third kappa shape index (κ3) is 4.55. The predicted molar refractivity (Wildman–Crippen MR) is 104 cm³/mol. The van der Waals surface area contributed by atoms with Crippen molar-refractivity contribution in [1.29, 1.82) is 0 Å².